The fraction of sp³-hybridized carbons (Fsp3) is 0.500. The predicted octanol–water partition coefficient (Wildman–Crippen LogP) is 4.62. The molecule has 0 aromatic heterocycles. The summed E-state index contributed by atoms with van der Waals surface area (Å²) in [6.45, 7) is 9.14. The highest BCUT2D eigenvalue weighted by Crippen LogP contribution is 2.33. The molecule has 184 valence electrons. The van der Waals surface area contributed by atoms with Crippen molar-refractivity contribution < 1.29 is 18.3 Å². The number of piperidine rings is 1. The van der Waals surface area contributed by atoms with Gasteiger partial charge in [0.1, 0.15) is 0 Å². The maximum atomic E-state index is 13.2. The standard InChI is InChI=1S/C26H35N3O4S/c1-19(2)21-7-10-23(11-8-21)34(32,33)27-24-16-22(26(30)31)9-12-25(24)29-15-5-6-20(18-29)17-28-13-3-4-14-28/h7-12,16,19-20,27H,3-6,13-15,17-18H2,1-2H3,(H,30,31)/t20-/m0/s1. The highest BCUT2D eigenvalue weighted by molar-refractivity contribution is 7.92. The number of sulfonamides is 1. The van der Waals surface area contributed by atoms with Crippen LogP contribution in [0.4, 0.5) is 11.4 Å². The van der Waals surface area contributed by atoms with Gasteiger partial charge in [-0.25, -0.2) is 13.2 Å². The fourth-order valence-electron chi connectivity index (χ4n) is 5.03. The summed E-state index contributed by atoms with van der Waals surface area (Å²) in [6, 6.07) is 11.6. The minimum Gasteiger partial charge on any atom is -0.478 e. The fourth-order valence-corrected chi connectivity index (χ4v) is 6.09. The lowest BCUT2D eigenvalue weighted by Crippen LogP contribution is -2.40. The van der Waals surface area contributed by atoms with Crippen LogP contribution in [0.15, 0.2) is 47.4 Å². The molecule has 34 heavy (non-hydrogen) atoms. The zero-order valence-electron chi connectivity index (χ0n) is 20.0. The van der Waals surface area contributed by atoms with Crippen LogP contribution < -0.4 is 9.62 Å². The Morgan fingerprint density at radius 3 is 2.41 bits per heavy atom. The first-order valence-corrected chi connectivity index (χ1v) is 13.7. The van der Waals surface area contributed by atoms with Crippen LogP contribution in [0.2, 0.25) is 0 Å². The van der Waals surface area contributed by atoms with Crippen molar-refractivity contribution >= 4 is 27.4 Å². The predicted molar refractivity (Wildman–Crippen MR) is 135 cm³/mol. The summed E-state index contributed by atoms with van der Waals surface area (Å²) in [6.07, 6.45) is 4.71. The molecule has 0 radical (unpaired) electrons. The van der Waals surface area contributed by atoms with Crippen molar-refractivity contribution in [1.29, 1.82) is 0 Å². The Hall–Kier alpha value is -2.58. The minimum atomic E-state index is -3.87. The molecule has 0 unspecified atom stereocenters. The van der Waals surface area contributed by atoms with Gasteiger partial charge in [-0.05, 0) is 86.5 Å². The molecule has 4 rings (SSSR count). The molecule has 0 saturated carbocycles. The Morgan fingerprint density at radius 1 is 1.06 bits per heavy atom. The van der Waals surface area contributed by atoms with Crippen LogP contribution in [0.1, 0.15) is 61.4 Å². The summed E-state index contributed by atoms with van der Waals surface area (Å²) in [4.78, 5) is 16.5. The van der Waals surface area contributed by atoms with Gasteiger partial charge in [-0.1, -0.05) is 26.0 Å². The number of rotatable bonds is 8. The van der Waals surface area contributed by atoms with Gasteiger partial charge in [0.15, 0.2) is 0 Å². The van der Waals surface area contributed by atoms with E-state index >= 15 is 0 Å². The van der Waals surface area contributed by atoms with Crippen molar-refractivity contribution in [2.75, 3.05) is 42.3 Å². The van der Waals surface area contributed by atoms with Gasteiger partial charge in [-0.3, -0.25) is 4.72 Å². The number of aromatic carboxylic acids is 1. The molecule has 2 N–H and O–H groups in total. The summed E-state index contributed by atoms with van der Waals surface area (Å²) in [5.74, 6) is -0.269. The number of carbonyl (C=O) groups is 1. The first-order valence-electron chi connectivity index (χ1n) is 12.2. The quantitative estimate of drug-likeness (QED) is 0.567. The van der Waals surface area contributed by atoms with E-state index in [0.717, 1.165) is 56.8 Å². The smallest absolute Gasteiger partial charge is 0.335 e. The molecule has 2 aliphatic heterocycles. The largest absolute Gasteiger partial charge is 0.478 e. The number of carboxylic acids is 1. The van der Waals surface area contributed by atoms with E-state index in [1.165, 1.54) is 18.9 Å². The number of carboxylic acid groups (broad SMARTS) is 1. The molecule has 1 atom stereocenters. The van der Waals surface area contributed by atoms with Gasteiger partial charge >= 0.3 is 5.97 Å². The van der Waals surface area contributed by atoms with Crippen molar-refractivity contribution in [3.8, 4) is 0 Å². The molecule has 2 aliphatic rings. The number of hydrogen-bond acceptors (Lipinski definition) is 5. The Labute approximate surface area is 202 Å². The van der Waals surface area contributed by atoms with Gasteiger partial charge in [0.05, 0.1) is 21.8 Å². The average molecular weight is 486 g/mol. The maximum absolute atomic E-state index is 13.2. The molecule has 0 aliphatic carbocycles. The SMILES string of the molecule is CC(C)c1ccc(S(=O)(=O)Nc2cc(C(=O)O)ccc2N2CCC[C@@H](CN3CCCC3)C2)cc1. The average Bonchev–Trinajstić information content (AvgIpc) is 3.32. The minimum absolute atomic E-state index is 0.0576. The molecular weight excluding hydrogens is 450 g/mol. The lowest BCUT2D eigenvalue weighted by Gasteiger charge is -2.37. The number of likely N-dealkylation sites (tertiary alicyclic amines) is 1. The summed E-state index contributed by atoms with van der Waals surface area (Å²) < 4.78 is 29.1. The van der Waals surface area contributed by atoms with Crippen molar-refractivity contribution in [2.24, 2.45) is 5.92 Å². The lowest BCUT2D eigenvalue weighted by atomic mass is 9.96. The van der Waals surface area contributed by atoms with Gasteiger partial charge < -0.3 is 14.9 Å². The second-order valence-electron chi connectivity index (χ2n) is 9.83. The molecule has 2 fully saturated rings. The van der Waals surface area contributed by atoms with E-state index in [9.17, 15) is 18.3 Å². The van der Waals surface area contributed by atoms with Crippen molar-refractivity contribution in [2.45, 2.75) is 50.3 Å². The van der Waals surface area contributed by atoms with Gasteiger partial charge in [0.2, 0.25) is 0 Å². The summed E-state index contributed by atoms with van der Waals surface area (Å²) in [5.41, 5.74) is 2.17. The second kappa shape index (κ2) is 10.4. The third-order valence-electron chi connectivity index (χ3n) is 6.92. The normalized spacial score (nSPS) is 19.5. The molecule has 2 heterocycles. The summed E-state index contributed by atoms with van der Waals surface area (Å²) >= 11 is 0. The topological polar surface area (TPSA) is 89.9 Å². The van der Waals surface area contributed by atoms with Crippen LogP contribution in [-0.2, 0) is 10.0 Å². The van der Waals surface area contributed by atoms with Crippen LogP contribution in [0.25, 0.3) is 0 Å². The summed E-state index contributed by atoms with van der Waals surface area (Å²) in [7, 11) is -3.87. The number of anilines is 2. The zero-order valence-corrected chi connectivity index (χ0v) is 20.9. The van der Waals surface area contributed by atoms with Gasteiger partial charge in [-0.2, -0.15) is 0 Å². The number of nitrogens with one attached hydrogen (secondary N) is 1. The van der Waals surface area contributed by atoms with Crippen LogP contribution >= 0.6 is 0 Å². The molecule has 2 saturated heterocycles. The van der Waals surface area contributed by atoms with Crippen LogP contribution in [0.5, 0.6) is 0 Å². The lowest BCUT2D eigenvalue weighted by molar-refractivity contribution is 0.0697. The maximum Gasteiger partial charge on any atom is 0.335 e. The van der Waals surface area contributed by atoms with Crippen LogP contribution in [0.3, 0.4) is 0 Å². The van der Waals surface area contributed by atoms with Crippen LogP contribution in [0, 0.1) is 5.92 Å². The highest BCUT2D eigenvalue weighted by Gasteiger charge is 2.26. The van der Waals surface area contributed by atoms with E-state index in [-0.39, 0.29) is 10.5 Å². The van der Waals surface area contributed by atoms with E-state index in [1.54, 1.807) is 24.3 Å². The van der Waals surface area contributed by atoms with Crippen molar-refractivity contribution in [3.05, 3.63) is 53.6 Å². The molecule has 2 aromatic rings. The third-order valence-corrected chi connectivity index (χ3v) is 8.30. The Morgan fingerprint density at radius 2 is 1.76 bits per heavy atom. The second-order valence-corrected chi connectivity index (χ2v) is 11.5. The first kappa shape index (κ1) is 24.5. The first-order chi connectivity index (χ1) is 16.2. The van der Waals surface area contributed by atoms with Crippen molar-refractivity contribution in [1.82, 2.24) is 4.90 Å². The molecule has 0 bridgehead atoms. The molecule has 0 spiro atoms. The molecule has 0 amide bonds. The number of nitrogens with zero attached hydrogens (tertiary/aromatic N) is 2. The summed E-state index contributed by atoms with van der Waals surface area (Å²) in [5, 5.41) is 9.51. The highest BCUT2D eigenvalue weighted by atomic mass is 32.2. The number of hydrogen-bond donors (Lipinski definition) is 2. The van der Waals surface area contributed by atoms with E-state index < -0.39 is 16.0 Å². The Kier molecular flexibility index (Phi) is 7.48. The van der Waals surface area contributed by atoms with Gasteiger partial charge in [-0.15, -0.1) is 0 Å². The molecular formula is C26H35N3O4S. The zero-order chi connectivity index (χ0) is 24.3. The van der Waals surface area contributed by atoms with Crippen molar-refractivity contribution in [3.63, 3.8) is 0 Å². The molecule has 2 aromatic carbocycles. The van der Waals surface area contributed by atoms with Crippen LogP contribution in [-0.4, -0.2) is 57.1 Å². The van der Waals surface area contributed by atoms with Gasteiger partial charge in [0, 0.05) is 19.6 Å². The Bertz CT molecular complexity index is 1110. The van der Waals surface area contributed by atoms with Gasteiger partial charge in [0.25, 0.3) is 10.0 Å². The van der Waals surface area contributed by atoms with E-state index in [0.29, 0.717) is 17.5 Å². The number of benzene rings is 2. The third kappa shape index (κ3) is 5.73. The Balaban J connectivity index is 1.59. The molecule has 7 nitrogen and oxygen atoms in total. The molecule has 8 heteroatoms. The van der Waals surface area contributed by atoms with E-state index in [2.05, 4.69) is 28.4 Å². The van der Waals surface area contributed by atoms with E-state index in [4.69, 9.17) is 0 Å². The monoisotopic (exact) mass is 485 g/mol. The van der Waals surface area contributed by atoms with E-state index in [1.807, 2.05) is 12.1 Å².